The minimum atomic E-state index is -2.79. The summed E-state index contributed by atoms with van der Waals surface area (Å²) < 4.78 is 27.9. The van der Waals surface area contributed by atoms with E-state index in [-0.39, 0.29) is 30.3 Å². The van der Waals surface area contributed by atoms with E-state index in [0.29, 0.717) is 19.4 Å². The summed E-state index contributed by atoms with van der Waals surface area (Å²) in [5.74, 6) is -1.73. The lowest BCUT2D eigenvalue weighted by molar-refractivity contribution is -0.143. The number of rotatable bonds is 5. The number of amides is 1. The molecule has 1 N–H and O–H groups in total. The van der Waals surface area contributed by atoms with Gasteiger partial charge >= 0.3 is 5.97 Å². The van der Waals surface area contributed by atoms with Gasteiger partial charge in [0.25, 0.3) is 12.3 Å². The lowest BCUT2D eigenvalue weighted by atomic mass is 9.96. The van der Waals surface area contributed by atoms with Gasteiger partial charge in [-0.05, 0) is 18.8 Å². The average molecular weight is 329 g/mol. The van der Waals surface area contributed by atoms with Gasteiger partial charge in [0.15, 0.2) is 0 Å². The molecule has 1 aliphatic heterocycles. The largest absolute Gasteiger partial charge is 0.481 e. The van der Waals surface area contributed by atoms with E-state index < -0.39 is 24.2 Å². The van der Waals surface area contributed by atoms with Gasteiger partial charge in [0.2, 0.25) is 0 Å². The van der Waals surface area contributed by atoms with Gasteiger partial charge < -0.3 is 10.0 Å². The van der Waals surface area contributed by atoms with Crippen molar-refractivity contribution >= 4 is 11.9 Å². The fourth-order valence-corrected chi connectivity index (χ4v) is 2.78. The van der Waals surface area contributed by atoms with Crippen LogP contribution in [0.15, 0.2) is 6.20 Å². The average Bonchev–Trinajstić information content (AvgIpc) is 2.89. The first-order valence-corrected chi connectivity index (χ1v) is 7.67. The molecule has 2 heterocycles. The quantitative estimate of drug-likeness (QED) is 0.900. The minimum Gasteiger partial charge on any atom is -0.481 e. The summed E-state index contributed by atoms with van der Waals surface area (Å²) in [5.41, 5.74) is -0.446. The van der Waals surface area contributed by atoms with Crippen LogP contribution in [0.1, 0.15) is 49.2 Å². The smallest absolute Gasteiger partial charge is 0.306 e. The van der Waals surface area contributed by atoms with Crippen molar-refractivity contribution in [3.05, 3.63) is 17.5 Å². The zero-order chi connectivity index (χ0) is 17.1. The summed E-state index contributed by atoms with van der Waals surface area (Å²) in [6.45, 7) is 4.60. The van der Waals surface area contributed by atoms with Gasteiger partial charge in [-0.25, -0.2) is 8.78 Å². The number of alkyl halides is 2. The second kappa shape index (κ2) is 7.06. The SMILES string of the molecule is CC(C)Cn1ncc(C(=O)N2CCC(C(=O)O)CC2)c1C(F)F. The molecule has 2 rings (SSSR count). The number of aromatic nitrogens is 2. The molecule has 0 radical (unpaired) electrons. The third kappa shape index (κ3) is 3.86. The Bertz CT molecular complexity index is 579. The predicted molar refractivity (Wildman–Crippen MR) is 78.3 cm³/mol. The third-order valence-electron chi connectivity index (χ3n) is 3.99. The molecule has 1 aromatic heterocycles. The fourth-order valence-electron chi connectivity index (χ4n) is 2.78. The summed E-state index contributed by atoms with van der Waals surface area (Å²) in [4.78, 5) is 24.9. The molecule has 1 fully saturated rings. The molecule has 0 aromatic carbocycles. The Morgan fingerprint density at radius 1 is 1.35 bits per heavy atom. The molecule has 1 aromatic rings. The van der Waals surface area contributed by atoms with Crippen molar-refractivity contribution in [3.63, 3.8) is 0 Å². The molecule has 0 aliphatic carbocycles. The van der Waals surface area contributed by atoms with E-state index in [9.17, 15) is 18.4 Å². The number of likely N-dealkylation sites (tertiary alicyclic amines) is 1. The Morgan fingerprint density at radius 2 is 1.96 bits per heavy atom. The third-order valence-corrected chi connectivity index (χ3v) is 3.99. The number of piperidine rings is 1. The number of nitrogens with zero attached hydrogens (tertiary/aromatic N) is 3. The van der Waals surface area contributed by atoms with Crippen molar-refractivity contribution in [1.82, 2.24) is 14.7 Å². The topological polar surface area (TPSA) is 75.4 Å². The highest BCUT2D eigenvalue weighted by molar-refractivity contribution is 5.95. The van der Waals surface area contributed by atoms with Gasteiger partial charge in [-0.15, -0.1) is 0 Å². The molecule has 0 bridgehead atoms. The van der Waals surface area contributed by atoms with Crippen molar-refractivity contribution in [2.24, 2.45) is 11.8 Å². The van der Waals surface area contributed by atoms with Crippen LogP contribution in [0.2, 0.25) is 0 Å². The monoisotopic (exact) mass is 329 g/mol. The normalized spacial score (nSPS) is 16.3. The highest BCUT2D eigenvalue weighted by atomic mass is 19.3. The second-order valence-electron chi connectivity index (χ2n) is 6.22. The molecule has 1 saturated heterocycles. The van der Waals surface area contributed by atoms with Crippen molar-refractivity contribution < 1.29 is 23.5 Å². The maximum atomic E-state index is 13.4. The predicted octanol–water partition coefficient (Wildman–Crippen LogP) is 2.41. The maximum Gasteiger partial charge on any atom is 0.306 e. The molecule has 8 heteroatoms. The molecular weight excluding hydrogens is 308 g/mol. The number of halogens is 2. The summed E-state index contributed by atoms with van der Waals surface area (Å²) in [6, 6.07) is 0. The molecule has 23 heavy (non-hydrogen) atoms. The highest BCUT2D eigenvalue weighted by Gasteiger charge is 2.31. The zero-order valence-electron chi connectivity index (χ0n) is 13.2. The van der Waals surface area contributed by atoms with E-state index in [1.807, 2.05) is 13.8 Å². The molecule has 1 amide bonds. The van der Waals surface area contributed by atoms with Gasteiger partial charge in [0, 0.05) is 19.6 Å². The fraction of sp³-hybridized carbons (Fsp3) is 0.667. The maximum absolute atomic E-state index is 13.4. The van der Waals surface area contributed by atoms with Crippen LogP contribution in [0, 0.1) is 11.8 Å². The van der Waals surface area contributed by atoms with Crippen LogP contribution in [-0.4, -0.2) is 44.8 Å². The minimum absolute atomic E-state index is 0.0885. The van der Waals surface area contributed by atoms with Crippen molar-refractivity contribution in [1.29, 1.82) is 0 Å². The van der Waals surface area contributed by atoms with Crippen molar-refractivity contribution in [3.8, 4) is 0 Å². The van der Waals surface area contributed by atoms with Crippen LogP contribution < -0.4 is 0 Å². The molecule has 128 valence electrons. The van der Waals surface area contributed by atoms with Gasteiger partial charge in [0.05, 0.1) is 17.7 Å². The Hall–Kier alpha value is -1.99. The molecule has 0 saturated carbocycles. The number of aliphatic carboxylic acids is 1. The Labute approximate surface area is 133 Å². The van der Waals surface area contributed by atoms with Crippen molar-refractivity contribution in [2.75, 3.05) is 13.1 Å². The summed E-state index contributed by atoms with van der Waals surface area (Å²) in [7, 11) is 0. The number of carboxylic acids is 1. The molecule has 0 unspecified atom stereocenters. The van der Waals surface area contributed by atoms with Crippen LogP contribution in [0.25, 0.3) is 0 Å². The number of hydrogen-bond donors (Lipinski definition) is 1. The van der Waals surface area contributed by atoms with E-state index >= 15 is 0 Å². The lowest BCUT2D eigenvalue weighted by Crippen LogP contribution is -2.40. The molecule has 0 spiro atoms. The van der Waals surface area contributed by atoms with Crippen LogP contribution in [-0.2, 0) is 11.3 Å². The molecule has 0 atom stereocenters. The van der Waals surface area contributed by atoms with Gasteiger partial charge in [0.1, 0.15) is 5.69 Å². The Kier molecular flexibility index (Phi) is 5.33. The van der Waals surface area contributed by atoms with E-state index in [0.717, 1.165) is 0 Å². The van der Waals surface area contributed by atoms with Gasteiger partial charge in [-0.3, -0.25) is 14.3 Å². The second-order valence-corrected chi connectivity index (χ2v) is 6.22. The van der Waals surface area contributed by atoms with Crippen molar-refractivity contribution in [2.45, 2.75) is 39.7 Å². The summed E-state index contributed by atoms with van der Waals surface area (Å²) >= 11 is 0. The zero-order valence-corrected chi connectivity index (χ0v) is 13.2. The van der Waals surface area contributed by atoms with Crippen LogP contribution in [0.3, 0.4) is 0 Å². The summed E-state index contributed by atoms with van der Waals surface area (Å²) in [5, 5.41) is 12.9. The molecular formula is C15H21F2N3O3. The van der Waals surface area contributed by atoms with E-state index in [1.54, 1.807) is 0 Å². The molecule has 6 nitrogen and oxygen atoms in total. The van der Waals surface area contributed by atoms with E-state index in [2.05, 4.69) is 5.10 Å². The van der Waals surface area contributed by atoms with Crippen LogP contribution in [0.4, 0.5) is 8.78 Å². The van der Waals surface area contributed by atoms with Gasteiger partial charge in [-0.1, -0.05) is 13.8 Å². The first-order chi connectivity index (χ1) is 10.8. The number of carboxylic acid groups (broad SMARTS) is 1. The molecule has 1 aliphatic rings. The lowest BCUT2D eigenvalue weighted by Gasteiger charge is -2.30. The summed E-state index contributed by atoms with van der Waals surface area (Å²) in [6.07, 6.45) is -0.918. The van der Waals surface area contributed by atoms with Gasteiger partial charge in [-0.2, -0.15) is 5.10 Å². The Morgan fingerprint density at radius 3 is 2.43 bits per heavy atom. The van der Waals surface area contributed by atoms with Crippen LogP contribution >= 0.6 is 0 Å². The Balaban J connectivity index is 2.16. The first kappa shape index (κ1) is 17.4. The van der Waals surface area contributed by atoms with E-state index in [4.69, 9.17) is 5.11 Å². The number of carbonyl (C=O) groups is 2. The first-order valence-electron chi connectivity index (χ1n) is 7.67. The highest BCUT2D eigenvalue weighted by Crippen LogP contribution is 2.26. The van der Waals surface area contributed by atoms with E-state index in [1.165, 1.54) is 15.8 Å². The number of carbonyl (C=O) groups excluding carboxylic acids is 1. The van der Waals surface area contributed by atoms with Crippen LogP contribution in [0.5, 0.6) is 0 Å². The standard InChI is InChI=1S/C15H21F2N3O3/c1-9(2)8-20-12(13(16)17)11(7-18-20)14(21)19-5-3-10(4-6-19)15(22)23/h7,9-10,13H,3-6,8H2,1-2H3,(H,22,23). The number of hydrogen-bond acceptors (Lipinski definition) is 3.